The summed E-state index contributed by atoms with van der Waals surface area (Å²) < 4.78 is 0. The highest BCUT2D eigenvalue weighted by Crippen LogP contribution is 2.23. The Morgan fingerprint density at radius 1 is 1.53 bits per heavy atom. The van der Waals surface area contributed by atoms with Crippen LogP contribution < -0.4 is 16.0 Å². The van der Waals surface area contributed by atoms with E-state index in [1.807, 2.05) is 13.1 Å². The third-order valence-corrected chi connectivity index (χ3v) is 3.15. The number of carbonyl (C=O) groups is 1. The van der Waals surface area contributed by atoms with Crippen molar-refractivity contribution in [2.24, 2.45) is 0 Å². The summed E-state index contributed by atoms with van der Waals surface area (Å²) in [4.78, 5) is 13.5. The topological polar surface area (TPSA) is 58.4 Å². The van der Waals surface area contributed by atoms with E-state index in [-0.39, 0.29) is 5.91 Å². The fourth-order valence-corrected chi connectivity index (χ4v) is 1.99. The molecule has 0 saturated carbocycles. The summed E-state index contributed by atoms with van der Waals surface area (Å²) in [5, 5.41) is 2.58. The van der Waals surface area contributed by atoms with Gasteiger partial charge in [-0.2, -0.15) is 11.8 Å². The first-order valence-corrected chi connectivity index (χ1v) is 6.81. The minimum Gasteiger partial charge on any atom is -0.397 e. The van der Waals surface area contributed by atoms with Crippen LogP contribution in [-0.4, -0.2) is 38.6 Å². The van der Waals surface area contributed by atoms with Gasteiger partial charge in [0.05, 0.1) is 11.4 Å². The van der Waals surface area contributed by atoms with Crippen LogP contribution >= 0.6 is 11.8 Å². The van der Waals surface area contributed by atoms with Gasteiger partial charge in [-0.05, 0) is 24.5 Å². The Labute approximate surface area is 107 Å². The van der Waals surface area contributed by atoms with E-state index in [0.29, 0.717) is 11.3 Å². The van der Waals surface area contributed by atoms with Crippen molar-refractivity contribution >= 4 is 29.0 Å². The van der Waals surface area contributed by atoms with Crippen molar-refractivity contribution in [2.75, 3.05) is 43.3 Å². The molecule has 1 rings (SSSR count). The molecule has 0 aromatic heterocycles. The Morgan fingerprint density at radius 3 is 2.76 bits per heavy atom. The predicted molar refractivity (Wildman–Crippen MR) is 75.9 cm³/mol. The molecule has 94 valence electrons. The lowest BCUT2D eigenvalue weighted by Gasteiger charge is -2.21. The SMILES string of the molecule is CNC(=O)c1ccc(N(C)CCSC)c(N)c1. The van der Waals surface area contributed by atoms with E-state index in [1.54, 1.807) is 30.9 Å². The highest BCUT2D eigenvalue weighted by Gasteiger charge is 2.09. The highest BCUT2D eigenvalue weighted by atomic mass is 32.2. The van der Waals surface area contributed by atoms with Crippen LogP contribution in [0.3, 0.4) is 0 Å². The van der Waals surface area contributed by atoms with Crippen LogP contribution in [0.5, 0.6) is 0 Å². The molecule has 0 saturated heterocycles. The van der Waals surface area contributed by atoms with Crippen molar-refractivity contribution in [3.05, 3.63) is 23.8 Å². The summed E-state index contributed by atoms with van der Waals surface area (Å²) in [6.45, 7) is 0.935. The Morgan fingerprint density at radius 2 is 2.24 bits per heavy atom. The van der Waals surface area contributed by atoms with Gasteiger partial charge in [0, 0.05) is 32.0 Å². The third kappa shape index (κ3) is 3.56. The number of amides is 1. The average Bonchev–Trinajstić information content (AvgIpc) is 2.34. The summed E-state index contributed by atoms with van der Waals surface area (Å²) in [5.41, 5.74) is 8.15. The van der Waals surface area contributed by atoms with Crippen molar-refractivity contribution in [1.82, 2.24) is 5.32 Å². The molecule has 0 unspecified atom stereocenters. The molecule has 0 aliphatic carbocycles. The number of rotatable bonds is 5. The third-order valence-electron chi connectivity index (χ3n) is 2.56. The molecule has 1 amide bonds. The van der Waals surface area contributed by atoms with Crippen LogP contribution in [0.15, 0.2) is 18.2 Å². The van der Waals surface area contributed by atoms with Crippen LogP contribution in [0, 0.1) is 0 Å². The molecule has 5 heteroatoms. The van der Waals surface area contributed by atoms with Crippen LogP contribution in [0.25, 0.3) is 0 Å². The first-order valence-electron chi connectivity index (χ1n) is 5.41. The average molecular weight is 253 g/mol. The molecule has 4 nitrogen and oxygen atoms in total. The first kappa shape index (κ1) is 13.7. The quantitative estimate of drug-likeness (QED) is 0.779. The maximum atomic E-state index is 11.4. The minimum atomic E-state index is -0.116. The molecule has 0 fully saturated rings. The smallest absolute Gasteiger partial charge is 0.251 e. The van der Waals surface area contributed by atoms with Gasteiger partial charge >= 0.3 is 0 Å². The second-order valence-electron chi connectivity index (χ2n) is 3.77. The first-order chi connectivity index (χ1) is 8.10. The number of thioether (sulfide) groups is 1. The zero-order valence-electron chi connectivity index (χ0n) is 10.5. The molecule has 3 N–H and O–H groups in total. The van der Waals surface area contributed by atoms with E-state index in [9.17, 15) is 4.79 Å². The molecule has 0 aliphatic rings. The summed E-state index contributed by atoms with van der Waals surface area (Å²) in [7, 11) is 3.61. The van der Waals surface area contributed by atoms with Crippen molar-refractivity contribution in [3.8, 4) is 0 Å². The lowest BCUT2D eigenvalue weighted by Crippen LogP contribution is -2.22. The van der Waals surface area contributed by atoms with Crippen molar-refractivity contribution in [3.63, 3.8) is 0 Å². The van der Waals surface area contributed by atoms with Gasteiger partial charge in [-0.15, -0.1) is 0 Å². The van der Waals surface area contributed by atoms with Crippen molar-refractivity contribution in [2.45, 2.75) is 0 Å². The molecule has 0 radical (unpaired) electrons. The van der Waals surface area contributed by atoms with Gasteiger partial charge in [0.25, 0.3) is 5.91 Å². The van der Waals surface area contributed by atoms with E-state index in [2.05, 4.69) is 16.5 Å². The van der Waals surface area contributed by atoms with E-state index >= 15 is 0 Å². The molecule has 17 heavy (non-hydrogen) atoms. The number of hydrogen-bond donors (Lipinski definition) is 2. The number of anilines is 2. The maximum Gasteiger partial charge on any atom is 0.251 e. The molecule has 1 aromatic rings. The molecule has 1 aromatic carbocycles. The monoisotopic (exact) mass is 253 g/mol. The van der Waals surface area contributed by atoms with Crippen LogP contribution in [0.2, 0.25) is 0 Å². The molecule has 0 bridgehead atoms. The Hall–Kier alpha value is -1.36. The molecular formula is C12H19N3OS. The van der Waals surface area contributed by atoms with Crippen LogP contribution in [0.1, 0.15) is 10.4 Å². The second kappa shape index (κ2) is 6.39. The fraction of sp³-hybridized carbons (Fsp3) is 0.417. The number of nitrogens with two attached hydrogens (primary N) is 1. The summed E-state index contributed by atoms with van der Waals surface area (Å²) in [5.74, 6) is 0.933. The van der Waals surface area contributed by atoms with E-state index < -0.39 is 0 Å². The summed E-state index contributed by atoms with van der Waals surface area (Å²) in [6.07, 6.45) is 2.08. The Bertz CT molecular complexity index is 395. The van der Waals surface area contributed by atoms with E-state index in [0.717, 1.165) is 18.0 Å². The number of benzene rings is 1. The predicted octanol–water partition coefficient (Wildman–Crippen LogP) is 1.43. The van der Waals surface area contributed by atoms with Gasteiger partial charge in [0.2, 0.25) is 0 Å². The van der Waals surface area contributed by atoms with E-state index in [4.69, 9.17) is 5.73 Å². The van der Waals surface area contributed by atoms with Crippen LogP contribution in [-0.2, 0) is 0 Å². The fourth-order valence-electron chi connectivity index (χ4n) is 1.54. The van der Waals surface area contributed by atoms with Crippen LogP contribution in [0.4, 0.5) is 11.4 Å². The zero-order valence-corrected chi connectivity index (χ0v) is 11.3. The van der Waals surface area contributed by atoms with Crippen molar-refractivity contribution in [1.29, 1.82) is 0 Å². The second-order valence-corrected chi connectivity index (χ2v) is 4.75. The number of nitrogen functional groups attached to an aromatic ring is 1. The largest absolute Gasteiger partial charge is 0.397 e. The number of hydrogen-bond acceptors (Lipinski definition) is 4. The lowest BCUT2D eigenvalue weighted by molar-refractivity contribution is 0.0963. The van der Waals surface area contributed by atoms with Gasteiger partial charge < -0.3 is 16.0 Å². The molecule has 0 spiro atoms. The lowest BCUT2D eigenvalue weighted by atomic mass is 10.1. The van der Waals surface area contributed by atoms with Gasteiger partial charge in [-0.3, -0.25) is 4.79 Å². The highest BCUT2D eigenvalue weighted by molar-refractivity contribution is 7.98. The normalized spacial score (nSPS) is 10.1. The number of carbonyl (C=O) groups excluding carboxylic acids is 1. The standard InChI is InChI=1S/C12H19N3OS/c1-14-12(16)9-4-5-11(10(13)8-9)15(2)6-7-17-3/h4-5,8H,6-7,13H2,1-3H3,(H,14,16). The summed E-state index contributed by atoms with van der Waals surface area (Å²) in [6, 6.07) is 5.39. The molecule has 0 atom stereocenters. The summed E-state index contributed by atoms with van der Waals surface area (Å²) >= 11 is 1.80. The van der Waals surface area contributed by atoms with Crippen molar-refractivity contribution < 1.29 is 4.79 Å². The Kier molecular flexibility index (Phi) is 5.15. The minimum absolute atomic E-state index is 0.116. The molecule has 0 aliphatic heterocycles. The maximum absolute atomic E-state index is 11.4. The van der Waals surface area contributed by atoms with Gasteiger partial charge in [0.15, 0.2) is 0 Å². The number of nitrogens with zero attached hydrogens (tertiary/aromatic N) is 1. The Balaban J connectivity index is 2.85. The van der Waals surface area contributed by atoms with Gasteiger partial charge in [-0.25, -0.2) is 0 Å². The molecular weight excluding hydrogens is 234 g/mol. The van der Waals surface area contributed by atoms with E-state index in [1.165, 1.54) is 0 Å². The van der Waals surface area contributed by atoms with Gasteiger partial charge in [0.1, 0.15) is 0 Å². The number of nitrogens with one attached hydrogen (secondary N) is 1. The zero-order chi connectivity index (χ0) is 12.8. The molecule has 0 heterocycles. The van der Waals surface area contributed by atoms with Gasteiger partial charge in [-0.1, -0.05) is 0 Å².